The SMILES string of the molecule is CCOC(=O)c1ccc2nc(C)n(Cc3ccc(-c4ccccc4)cc3F)c2c1. The van der Waals surface area contributed by atoms with Crippen molar-refractivity contribution in [2.24, 2.45) is 0 Å². The fourth-order valence-corrected chi connectivity index (χ4v) is 3.44. The lowest BCUT2D eigenvalue weighted by molar-refractivity contribution is 0.0526. The van der Waals surface area contributed by atoms with Crippen LogP contribution in [0.3, 0.4) is 0 Å². The van der Waals surface area contributed by atoms with Gasteiger partial charge in [-0.2, -0.15) is 0 Å². The first-order valence-corrected chi connectivity index (χ1v) is 9.54. The number of imidazole rings is 1. The third kappa shape index (κ3) is 3.76. The summed E-state index contributed by atoms with van der Waals surface area (Å²) < 4.78 is 21.9. The fraction of sp³-hybridized carbons (Fsp3) is 0.167. The summed E-state index contributed by atoms with van der Waals surface area (Å²) in [6.45, 7) is 4.29. The predicted octanol–water partition coefficient (Wildman–Crippen LogP) is 5.38. The topological polar surface area (TPSA) is 44.1 Å². The maximum atomic E-state index is 14.9. The Morgan fingerprint density at radius 2 is 1.83 bits per heavy atom. The molecule has 4 rings (SSSR count). The van der Waals surface area contributed by atoms with Crippen LogP contribution in [-0.2, 0) is 11.3 Å². The Morgan fingerprint density at radius 3 is 2.55 bits per heavy atom. The molecule has 0 unspecified atom stereocenters. The van der Waals surface area contributed by atoms with E-state index in [0.29, 0.717) is 24.3 Å². The second-order valence-corrected chi connectivity index (χ2v) is 6.84. The number of benzene rings is 3. The number of carbonyl (C=O) groups is 1. The summed E-state index contributed by atoms with van der Waals surface area (Å²) in [6, 6.07) is 20.2. The molecular formula is C24H21FN2O2. The van der Waals surface area contributed by atoms with Gasteiger partial charge >= 0.3 is 5.97 Å². The Labute approximate surface area is 168 Å². The van der Waals surface area contributed by atoms with Crippen LogP contribution in [0, 0.1) is 12.7 Å². The highest BCUT2D eigenvalue weighted by atomic mass is 19.1. The molecule has 29 heavy (non-hydrogen) atoms. The predicted molar refractivity (Wildman–Crippen MR) is 111 cm³/mol. The molecule has 1 aromatic heterocycles. The zero-order chi connectivity index (χ0) is 20.4. The van der Waals surface area contributed by atoms with Crippen LogP contribution in [0.2, 0.25) is 0 Å². The molecule has 4 nitrogen and oxygen atoms in total. The van der Waals surface area contributed by atoms with Gasteiger partial charge < -0.3 is 9.30 Å². The number of rotatable bonds is 5. The molecule has 0 aliphatic carbocycles. The van der Waals surface area contributed by atoms with Crippen molar-refractivity contribution in [3.05, 3.63) is 89.5 Å². The monoisotopic (exact) mass is 388 g/mol. The van der Waals surface area contributed by atoms with Crippen LogP contribution in [0.1, 0.15) is 28.7 Å². The molecule has 0 saturated carbocycles. The minimum atomic E-state index is -0.377. The number of nitrogens with zero attached hydrogens (tertiary/aromatic N) is 2. The van der Waals surface area contributed by atoms with E-state index in [0.717, 1.165) is 28.0 Å². The second kappa shape index (κ2) is 7.87. The van der Waals surface area contributed by atoms with Gasteiger partial charge in [0.1, 0.15) is 11.6 Å². The summed E-state index contributed by atoms with van der Waals surface area (Å²) in [5.41, 5.74) is 4.37. The van der Waals surface area contributed by atoms with E-state index >= 15 is 0 Å². The van der Waals surface area contributed by atoms with Crippen molar-refractivity contribution in [3.63, 3.8) is 0 Å². The van der Waals surface area contributed by atoms with Crippen molar-refractivity contribution in [2.75, 3.05) is 6.61 Å². The lowest BCUT2D eigenvalue weighted by atomic mass is 10.0. The zero-order valence-corrected chi connectivity index (χ0v) is 16.4. The molecule has 5 heteroatoms. The molecule has 4 aromatic rings. The van der Waals surface area contributed by atoms with Crippen molar-refractivity contribution in [1.82, 2.24) is 9.55 Å². The van der Waals surface area contributed by atoms with Gasteiger partial charge in [-0.15, -0.1) is 0 Å². The van der Waals surface area contributed by atoms with Gasteiger partial charge in [-0.3, -0.25) is 0 Å². The van der Waals surface area contributed by atoms with E-state index < -0.39 is 0 Å². The van der Waals surface area contributed by atoms with Gasteiger partial charge in [0, 0.05) is 5.56 Å². The van der Waals surface area contributed by atoms with Crippen LogP contribution in [-0.4, -0.2) is 22.1 Å². The third-order valence-electron chi connectivity index (χ3n) is 4.94. The number of aromatic nitrogens is 2. The minimum Gasteiger partial charge on any atom is -0.462 e. The van der Waals surface area contributed by atoms with E-state index in [1.54, 1.807) is 37.3 Å². The normalized spacial score (nSPS) is 11.0. The van der Waals surface area contributed by atoms with E-state index in [1.165, 1.54) is 0 Å². The molecule has 0 amide bonds. The Kier molecular flexibility index (Phi) is 5.12. The lowest BCUT2D eigenvalue weighted by Gasteiger charge is -2.10. The van der Waals surface area contributed by atoms with Crippen molar-refractivity contribution >= 4 is 17.0 Å². The fourth-order valence-electron chi connectivity index (χ4n) is 3.44. The van der Waals surface area contributed by atoms with E-state index in [-0.39, 0.29) is 11.8 Å². The highest BCUT2D eigenvalue weighted by Gasteiger charge is 2.14. The van der Waals surface area contributed by atoms with Gasteiger partial charge in [0.2, 0.25) is 0 Å². The average Bonchev–Trinajstić information content (AvgIpc) is 3.04. The van der Waals surface area contributed by atoms with Crippen LogP contribution in [0.15, 0.2) is 66.7 Å². The summed E-state index contributed by atoms with van der Waals surface area (Å²) >= 11 is 0. The quantitative estimate of drug-likeness (QED) is 0.431. The molecule has 0 N–H and O–H groups in total. The number of fused-ring (bicyclic) bond motifs is 1. The standard InChI is InChI=1S/C24H21FN2O2/c1-3-29-24(28)19-11-12-22-23(14-19)27(16(2)26-22)15-20-10-9-18(13-21(20)25)17-7-5-4-6-8-17/h4-14H,3,15H2,1-2H3. The Bertz CT molecular complexity index is 1180. The Hall–Kier alpha value is -3.47. The van der Waals surface area contributed by atoms with Gasteiger partial charge in [-0.05, 0) is 49.2 Å². The molecule has 0 aliphatic heterocycles. The molecule has 1 heterocycles. The summed E-state index contributed by atoms with van der Waals surface area (Å²) in [4.78, 5) is 16.6. The number of ether oxygens (including phenoxy) is 1. The molecule has 146 valence electrons. The highest BCUT2D eigenvalue weighted by molar-refractivity contribution is 5.93. The third-order valence-corrected chi connectivity index (χ3v) is 4.94. The van der Waals surface area contributed by atoms with Gasteiger partial charge in [-0.1, -0.05) is 42.5 Å². The van der Waals surface area contributed by atoms with Crippen molar-refractivity contribution < 1.29 is 13.9 Å². The zero-order valence-electron chi connectivity index (χ0n) is 16.4. The number of hydrogen-bond acceptors (Lipinski definition) is 3. The number of hydrogen-bond donors (Lipinski definition) is 0. The molecule has 3 aromatic carbocycles. The first kappa shape index (κ1) is 18.9. The Morgan fingerprint density at radius 1 is 1.03 bits per heavy atom. The van der Waals surface area contributed by atoms with E-state index in [4.69, 9.17) is 4.74 Å². The van der Waals surface area contributed by atoms with Crippen LogP contribution >= 0.6 is 0 Å². The average molecular weight is 388 g/mol. The molecule has 0 fully saturated rings. The van der Waals surface area contributed by atoms with E-state index in [1.807, 2.05) is 47.9 Å². The smallest absolute Gasteiger partial charge is 0.338 e. The van der Waals surface area contributed by atoms with Gasteiger partial charge in [0.05, 0.1) is 29.7 Å². The summed E-state index contributed by atoms with van der Waals surface area (Å²) in [7, 11) is 0. The van der Waals surface area contributed by atoms with Gasteiger partial charge in [0.25, 0.3) is 0 Å². The molecule has 0 spiro atoms. The summed E-state index contributed by atoms with van der Waals surface area (Å²) in [6.07, 6.45) is 0. The number of halogens is 1. The molecule has 0 saturated heterocycles. The maximum Gasteiger partial charge on any atom is 0.338 e. The number of aryl methyl sites for hydroxylation is 1. The van der Waals surface area contributed by atoms with Gasteiger partial charge in [-0.25, -0.2) is 14.2 Å². The molecular weight excluding hydrogens is 367 g/mol. The highest BCUT2D eigenvalue weighted by Crippen LogP contribution is 2.24. The van der Waals surface area contributed by atoms with Crippen LogP contribution in [0.4, 0.5) is 4.39 Å². The van der Waals surface area contributed by atoms with Crippen LogP contribution in [0.5, 0.6) is 0 Å². The largest absolute Gasteiger partial charge is 0.462 e. The lowest BCUT2D eigenvalue weighted by Crippen LogP contribution is -2.06. The van der Waals surface area contributed by atoms with Crippen molar-refractivity contribution in [1.29, 1.82) is 0 Å². The van der Waals surface area contributed by atoms with E-state index in [9.17, 15) is 9.18 Å². The van der Waals surface area contributed by atoms with E-state index in [2.05, 4.69) is 4.98 Å². The van der Waals surface area contributed by atoms with Crippen LogP contribution < -0.4 is 0 Å². The Balaban J connectivity index is 1.69. The summed E-state index contributed by atoms with van der Waals surface area (Å²) in [5.74, 6) is 0.111. The second-order valence-electron chi connectivity index (χ2n) is 6.84. The first-order chi connectivity index (χ1) is 14.1. The molecule has 0 bridgehead atoms. The number of esters is 1. The minimum absolute atomic E-state index is 0.269. The number of carbonyl (C=O) groups excluding carboxylic acids is 1. The molecule has 0 radical (unpaired) electrons. The maximum absolute atomic E-state index is 14.9. The molecule has 0 aliphatic rings. The van der Waals surface area contributed by atoms with Gasteiger partial charge in [0.15, 0.2) is 0 Å². The first-order valence-electron chi connectivity index (χ1n) is 9.54. The van der Waals surface area contributed by atoms with Crippen molar-refractivity contribution in [3.8, 4) is 11.1 Å². The summed E-state index contributed by atoms with van der Waals surface area (Å²) in [5, 5.41) is 0. The molecule has 0 atom stereocenters. The van der Waals surface area contributed by atoms with Crippen LogP contribution in [0.25, 0.3) is 22.2 Å². The van der Waals surface area contributed by atoms with Crippen molar-refractivity contribution in [2.45, 2.75) is 20.4 Å².